The molecule has 0 N–H and O–H groups in total. The van der Waals surface area contributed by atoms with E-state index < -0.39 is 0 Å². The van der Waals surface area contributed by atoms with Crippen LogP contribution < -0.4 is 0 Å². The number of nitrogens with zero attached hydrogens (tertiary/aromatic N) is 3. The van der Waals surface area contributed by atoms with Gasteiger partial charge in [-0.1, -0.05) is 19.4 Å². The second-order valence-electron chi connectivity index (χ2n) is 4.65. The predicted molar refractivity (Wildman–Crippen MR) is 78.1 cm³/mol. The summed E-state index contributed by atoms with van der Waals surface area (Å²) in [6.45, 7) is 3.46. The van der Waals surface area contributed by atoms with E-state index in [0.29, 0.717) is 12.2 Å². The fourth-order valence-corrected chi connectivity index (χ4v) is 1.96. The molecule has 0 bridgehead atoms. The molecule has 2 aromatic rings. The molecule has 20 heavy (non-hydrogen) atoms. The lowest BCUT2D eigenvalue weighted by atomic mass is 10.2. The molecule has 2 rings (SSSR count). The molecule has 0 atom stereocenters. The van der Waals surface area contributed by atoms with Gasteiger partial charge in [-0.3, -0.25) is 14.8 Å². The van der Waals surface area contributed by atoms with Crippen LogP contribution in [0, 0.1) is 0 Å². The minimum atomic E-state index is -0.0177. The molecule has 0 aromatic carbocycles. The highest BCUT2D eigenvalue weighted by atomic mass is 16.2. The summed E-state index contributed by atoms with van der Waals surface area (Å²) in [6, 6.07) is 9.28. The second-order valence-corrected chi connectivity index (χ2v) is 4.65. The third-order valence-corrected chi connectivity index (χ3v) is 3.08. The SMILES string of the molecule is CCCCN(Cc1ccncc1)C(=O)c1ccccn1. The van der Waals surface area contributed by atoms with Gasteiger partial charge in [0.2, 0.25) is 0 Å². The Morgan fingerprint density at radius 1 is 1.15 bits per heavy atom. The van der Waals surface area contributed by atoms with Crippen molar-refractivity contribution >= 4 is 5.91 Å². The molecule has 2 heterocycles. The molecular formula is C16H19N3O. The third-order valence-electron chi connectivity index (χ3n) is 3.08. The molecule has 0 aliphatic rings. The van der Waals surface area contributed by atoms with Gasteiger partial charge >= 0.3 is 0 Å². The molecule has 0 radical (unpaired) electrons. The van der Waals surface area contributed by atoms with Gasteiger partial charge in [-0.05, 0) is 36.2 Å². The Morgan fingerprint density at radius 2 is 1.95 bits per heavy atom. The van der Waals surface area contributed by atoms with E-state index in [1.807, 2.05) is 29.2 Å². The van der Waals surface area contributed by atoms with Crippen LogP contribution in [-0.2, 0) is 6.54 Å². The number of hydrogen-bond donors (Lipinski definition) is 0. The van der Waals surface area contributed by atoms with Crippen molar-refractivity contribution in [2.24, 2.45) is 0 Å². The first-order valence-corrected chi connectivity index (χ1v) is 6.90. The number of carbonyl (C=O) groups excluding carboxylic acids is 1. The Hall–Kier alpha value is -2.23. The van der Waals surface area contributed by atoms with Crippen LogP contribution in [0.15, 0.2) is 48.9 Å². The van der Waals surface area contributed by atoms with Crippen LogP contribution in [0.25, 0.3) is 0 Å². The maximum Gasteiger partial charge on any atom is 0.272 e. The van der Waals surface area contributed by atoms with E-state index in [4.69, 9.17) is 0 Å². The van der Waals surface area contributed by atoms with Gasteiger partial charge in [0, 0.05) is 31.7 Å². The van der Waals surface area contributed by atoms with Crippen LogP contribution in [0.1, 0.15) is 35.8 Å². The molecule has 1 amide bonds. The first kappa shape index (κ1) is 14.2. The lowest BCUT2D eigenvalue weighted by molar-refractivity contribution is 0.0735. The molecular weight excluding hydrogens is 250 g/mol. The minimum Gasteiger partial charge on any atom is -0.333 e. The summed E-state index contributed by atoms with van der Waals surface area (Å²) in [5.74, 6) is -0.0177. The molecule has 4 heteroatoms. The number of amides is 1. The fraction of sp³-hybridized carbons (Fsp3) is 0.312. The number of hydrogen-bond acceptors (Lipinski definition) is 3. The summed E-state index contributed by atoms with van der Waals surface area (Å²) in [7, 11) is 0. The fourth-order valence-electron chi connectivity index (χ4n) is 1.96. The highest BCUT2D eigenvalue weighted by Crippen LogP contribution is 2.09. The Labute approximate surface area is 119 Å². The first-order chi connectivity index (χ1) is 9.81. The zero-order valence-corrected chi connectivity index (χ0v) is 11.7. The molecule has 2 aromatic heterocycles. The number of unbranched alkanes of at least 4 members (excludes halogenated alkanes) is 1. The van der Waals surface area contributed by atoms with Crippen molar-refractivity contribution in [3.63, 3.8) is 0 Å². The van der Waals surface area contributed by atoms with Crippen LogP contribution in [0.3, 0.4) is 0 Å². The van der Waals surface area contributed by atoms with E-state index in [1.54, 1.807) is 24.7 Å². The molecule has 0 saturated heterocycles. The van der Waals surface area contributed by atoms with E-state index in [9.17, 15) is 4.79 Å². The number of pyridine rings is 2. The van der Waals surface area contributed by atoms with Crippen molar-refractivity contribution in [2.45, 2.75) is 26.3 Å². The van der Waals surface area contributed by atoms with E-state index in [-0.39, 0.29) is 5.91 Å². The van der Waals surface area contributed by atoms with E-state index in [1.165, 1.54) is 0 Å². The van der Waals surface area contributed by atoms with Gasteiger partial charge in [-0.25, -0.2) is 0 Å². The minimum absolute atomic E-state index is 0.0177. The summed E-state index contributed by atoms with van der Waals surface area (Å²) in [4.78, 5) is 22.5. The average Bonchev–Trinajstić information content (AvgIpc) is 2.52. The summed E-state index contributed by atoms with van der Waals surface area (Å²) < 4.78 is 0. The molecule has 0 fully saturated rings. The second kappa shape index (κ2) is 7.38. The van der Waals surface area contributed by atoms with Crippen molar-refractivity contribution in [2.75, 3.05) is 6.54 Å². The van der Waals surface area contributed by atoms with Crippen molar-refractivity contribution in [1.29, 1.82) is 0 Å². The van der Waals surface area contributed by atoms with Crippen molar-refractivity contribution in [3.8, 4) is 0 Å². The average molecular weight is 269 g/mol. The molecule has 104 valence electrons. The monoisotopic (exact) mass is 269 g/mol. The lowest BCUT2D eigenvalue weighted by Gasteiger charge is -2.22. The summed E-state index contributed by atoms with van der Waals surface area (Å²) in [6.07, 6.45) is 7.20. The standard InChI is InChI=1S/C16H19N3O/c1-2-3-12-19(13-14-7-10-17-11-8-14)16(20)15-6-4-5-9-18-15/h4-11H,2-3,12-13H2,1H3. The number of rotatable bonds is 6. The Bertz CT molecular complexity index is 528. The maximum absolute atomic E-state index is 12.5. The van der Waals surface area contributed by atoms with Crippen molar-refractivity contribution in [1.82, 2.24) is 14.9 Å². The number of aromatic nitrogens is 2. The summed E-state index contributed by atoms with van der Waals surface area (Å²) >= 11 is 0. The first-order valence-electron chi connectivity index (χ1n) is 6.90. The van der Waals surface area contributed by atoms with Gasteiger partial charge in [0.25, 0.3) is 5.91 Å². The Morgan fingerprint density at radius 3 is 2.60 bits per heavy atom. The topological polar surface area (TPSA) is 46.1 Å². The van der Waals surface area contributed by atoms with Crippen LogP contribution in [0.2, 0.25) is 0 Å². The van der Waals surface area contributed by atoms with Crippen molar-refractivity contribution in [3.05, 3.63) is 60.2 Å². The van der Waals surface area contributed by atoms with Gasteiger partial charge in [-0.2, -0.15) is 0 Å². The Balaban J connectivity index is 2.13. The molecule has 0 spiro atoms. The van der Waals surface area contributed by atoms with E-state index in [0.717, 1.165) is 24.9 Å². The maximum atomic E-state index is 12.5. The molecule has 0 unspecified atom stereocenters. The van der Waals surface area contributed by atoms with Gasteiger partial charge in [-0.15, -0.1) is 0 Å². The highest BCUT2D eigenvalue weighted by Gasteiger charge is 2.16. The quantitative estimate of drug-likeness (QED) is 0.810. The summed E-state index contributed by atoms with van der Waals surface area (Å²) in [5, 5.41) is 0. The van der Waals surface area contributed by atoms with Gasteiger partial charge in [0.15, 0.2) is 0 Å². The van der Waals surface area contributed by atoms with Crippen LogP contribution >= 0.6 is 0 Å². The lowest BCUT2D eigenvalue weighted by Crippen LogP contribution is -2.32. The molecule has 0 aliphatic carbocycles. The molecule has 4 nitrogen and oxygen atoms in total. The van der Waals surface area contributed by atoms with E-state index in [2.05, 4.69) is 16.9 Å². The van der Waals surface area contributed by atoms with Gasteiger partial charge in [0.05, 0.1) is 0 Å². The largest absolute Gasteiger partial charge is 0.333 e. The normalized spacial score (nSPS) is 10.2. The molecule has 0 saturated carbocycles. The summed E-state index contributed by atoms with van der Waals surface area (Å²) in [5.41, 5.74) is 1.58. The van der Waals surface area contributed by atoms with Gasteiger partial charge in [0.1, 0.15) is 5.69 Å². The highest BCUT2D eigenvalue weighted by molar-refractivity contribution is 5.92. The zero-order valence-electron chi connectivity index (χ0n) is 11.7. The van der Waals surface area contributed by atoms with Crippen LogP contribution in [0.4, 0.5) is 0 Å². The van der Waals surface area contributed by atoms with Gasteiger partial charge < -0.3 is 4.90 Å². The molecule has 0 aliphatic heterocycles. The van der Waals surface area contributed by atoms with Crippen LogP contribution in [-0.4, -0.2) is 27.3 Å². The van der Waals surface area contributed by atoms with Crippen LogP contribution in [0.5, 0.6) is 0 Å². The zero-order chi connectivity index (χ0) is 14.2. The third kappa shape index (κ3) is 3.88. The van der Waals surface area contributed by atoms with Crippen molar-refractivity contribution < 1.29 is 4.79 Å². The Kier molecular flexibility index (Phi) is 5.24. The van der Waals surface area contributed by atoms with E-state index >= 15 is 0 Å². The number of carbonyl (C=O) groups is 1. The smallest absolute Gasteiger partial charge is 0.272 e. The predicted octanol–water partition coefficient (Wildman–Crippen LogP) is 2.92.